The van der Waals surface area contributed by atoms with Gasteiger partial charge in [0.05, 0.1) is 13.7 Å². The summed E-state index contributed by atoms with van der Waals surface area (Å²) < 4.78 is 4.61. The average Bonchev–Trinajstić information content (AvgIpc) is 2.78. The molecule has 0 unspecified atom stereocenters. The van der Waals surface area contributed by atoms with Crippen molar-refractivity contribution in [1.29, 1.82) is 0 Å². The van der Waals surface area contributed by atoms with E-state index in [0.717, 1.165) is 36.2 Å². The van der Waals surface area contributed by atoms with Crippen molar-refractivity contribution in [2.45, 2.75) is 25.7 Å². The predicted molar refractivity (Wildman–Crippen MR) is 139 cm³/mol. The van der Waals surface area contributed by atoms with Crippen LogP contribution in [0.1, 0.15) is 42.5 Å². The second kappa shape index (κ2) is 10.8. The summed E-state index contributed by atoms with van der Waals surface area (Å²) >= 11 is 2.20. The lowest BCUT2D eigenvalue weighted by molar-refractivity contribution is -0.134. The average molecular weight is 541 g/mol. The zero-order valence-corrected chi connectivity index (χ0v) is 20.8. The minimum atomic E-state index is -0.367. The van der Waals surface area contributed by atoms with Crippen LogP contribution in [0.5, 0.6) is 0 Å². The summed E-state index contributed by atoms with van der Waals surface area (Å²) in [5.41, 5.74) is 5.57. The summed E-state index contributed by atoms with van der Waals surface area (Å²) in [6.07, 6.45) is 4.23. The Morgan fingerprint density at radius 2 is 1.90 bits per heavy atom. The first-order chi connectivity index (χ1) is 14.9. The molecule has 0 aromatic heterocycles. The van der Waals surface area contributed by atoms with Crippen LogP contribution in [0, 0.1) is 23.0 Å². The van der Waals surface area contributed by atoms with Crippen molar-refractivity contribution in [3.8, 4) is 23.0 Å². The number of hydrogen-bond donors (Lipinski definition) is 0. The minimum absolute atomic E-state index is 0.114. The molecule has 3 rings (SSSR count). The molecule has 0 spiro atoms. The molecule has 1 aliphatic heterocycles. The summed E-state index contributed by atoms with van der Waals surface area (Å²) in [5, 5.41) is 3.08. The Balaban J connectivity index is 1.80. The van der Waals surface area contributed by atoms with E-state index in [4.69, 9.17) is 0 Å². The first-order valence-electron chi connectivity index (χ1n) is 9.96. The Bertz CT molecular complexity index is 1100. The molecule has 158 valence electrons. The second-order valence-electron chi connectivity index (χ2n) is 7.87. The van der Waals surface area contributed by atoms with Crippen molar-refractivity contribution < 1.29 is 9.53 Å². The van der Waals surface area contributed by atoms with E-state index in [1.807, 2.05) is 24.3 Å². The third-order valence-electron chi connectivity index (χ3n) is 5.33. The fourth-order valence-electron chi connectivity index (χ4n) is 3.47. The fraction of sp³-hybridized carbons (Fsp3) is 0.269. The lowest BCUT2D eigenvalue weighted by atomic mass is 9.77. The van der Waals surface area contributed by atoms with Gasteiger partial charge in [0.25, 0.3) is 0 Å². The summed E-state index contributed by atoms with van der Waals surface area (Å²) in [5.74, 6) is 9.41. The summed E-state index contributed by atoms with van der Waals surface area (Å²) in [6.45, 7) is 6.36. The Kier molecular flexibility index (Phi) is 8.12. The van der Waals surface area contributed by atoms with E-state index in [2.05, 4.69) is 85.9 Å². The molecule has 0 saturated heterocycles. The van der Waals surface area contributed by atoms with Crippen molar-refractivity contribution in [2.24, 2.45) is 0 Å². The van der Waals surface area contributed by atoms with Crippen molar-refractivity contribution in [3.05, 3.63) is 70.8 Å². The number of methoxy groups -OCH3 is 1. The number of nitrogens with zero attached hydrogens (tertiary/aromatic N) is 1. The number of carbonyl (C=O) groups excluding carboxylic acids is 1. The molecule has 0 atom stereocenters. The van der Waals surface area contributed by atoms with Gasteiger partial charge in [-0.15, -0.1) is 0 Å². The van der Waals surface area contributed by atoms with Crippen LogP contribution in [0.2, 0.25) is 0 Å². The maximum absolute atomic E-state index is 11.2. The summed E-state index contributed by atoms with van der Waals surface area (Å²) in [7, 11) is 2.89. The van der Waals surface area contributed by atoms with Gasteiger partial charge in [-0.2, -0.15) is 0 Å². The highest BCUT2D eigenvalue weighted by Gasteiger charge is 2.30. The molecule has 0 bridgehead atoms. The maximum Gasteiger partial charge on any atom is 0.330 e. The number of benzene rings is 2. The van der Waals surface area contributed by atoms with E-state index in [0.29, 0.717) is 0 Å². The van der Waals surface area contributed by atoms with E-state index >= 15 is 0 Å². The van der Waals surface area contributed by atoms with Gasteiger partial charge >= 0.3 is 5.97 Å². The quantitative estimate of drug-likeness (QED) is 0.213. The molecule has 0 amide bonds. The Hall–Kier alpha value is -2.35. The molecule has 0 aliphatic carbocycles. The Labute approximate surface area is 201 Å². The molecule has 2 aromatic carbocycles. The zero-order valence-electron chi connectivity index (χ0n) is 17.9. The number of rotatable bonds is 3. The Morgan fingerprint density at radius 1 is 1.19 bits per heavy atom. The van der Waals surface area contributed by atoms with Crippen LogP contribution in [-0.2, 0) is 14.9 Å². The second-order valence-corrected chi connectivity index (χ2v) is 9.55. The van der Waals surface area contributed by atoms with Crippen molar-refractivity contribution in [1.82, 2.24) is 0 Å². The van der Waals surface area contributed by atoms with E-state index in [9.17, 15) is 4.79 Å². The topological polar surface area (TPSA) is 29.5 Å². The molecule has 0 fully saturated rings. The number of esters is 1. The van der Waals surface area contributed by atoms with Crippen LogP contribution in [0.15, 0.2) is 48.5 Å². The predicted octanol–water partition coefficient (Wildman–Crippen LogP) is 5.80. The third-order valence-corrected chi connectivity index (χ3v) is 6.21. The molecule has 3 nitrogen and oxygen atoms in total. The van der Waals surface area contributed by atoms with Crippen LogP contribution in [-0.4, -0.2) is 26.2 Å². The SMILES string of the molecule is COC(=O)/C=C/c1ccc(C#Cc2ccc3c(c2)C(C)(C)CCN3CC#CSI)cc1. The maximum atomic E-state index is 11.2. The molecule has 0 N–H and O–H groups in total. The summed E-state index contributed by atoms with van der Waals surface area (Å²) in [6, 6.07) is 14.3. The highest BCUT2D eigenvalue weighted by molar-refractivity contribution is 14.2. The lowest BCUT2D eigenvalue weighted by Crippen LogP contribution is -2.37. The highest BCUT2D eigenvalue weighted by atomic mass is 127. The zero-order chi connectivity index (χ0) is 22.3. The molecule has 1 heterocycles. The number of ether oxygens (including phenoxy) is 1. The van der Waals surface area contributed by atoms with Gasteiger partial charge in [0.2, 0.25) is 0 Å². The van der Waals surface area contributed by atoms with Gasteiger partial charge in [-0.05, 0) is 73.6 Å². The first-order valence-corrected chi connectivity index (χ1v) is 13.3. The van der Waals surface area contributed by atoms with Gasteiger partial charge in [0, 0.05) is 50.6 Å². The van der Waals surface area contributed by atoms with Gasteiger partial charge in [0.15, 0.2) is 0 Å². The van der Waals surface area contributed by atoms with Crippen LogP contribution < -0.4 is 4.90 Å². The first kappa shape index (κ1) is 23.3. The number of halogens is 1. The van der Waals surface area contributed by atoms with Crippen LogP contribution in [0.4, 0.5) is 5.69 Å². The normalized spacial score (nSPS) is 14.1. The van der Waals surface area contributed by atoms with E-state index in [1.165, 1.54) is 33.4 Å². The highest BCUT2D eigenvalue weighted by Crippen LogP contribution is 2.39. The molecule has 0 saturated carbocycles. The lowest BCUT2D eigenvalue weighted by Gasteiger charge is -2.39. The van der Waals surface area contributed by atoms with E-state index in [1.54, 1.807) is 6.08 Å². The third kappa shape index (κ3) is 6.32. The number of fused-ring (bicyclic) bond motifs is 1. The molecule has 5 heteroatoms. The van der Waals surface area contributed by atoms with Crippen LogP contribution in [0.25, 0.3) is 6.08 Å². The van der Waals surface area contributed by atoms with Crippen molar-refractivity contribution in [3.63, 3.8) is 0 Å². The fourth-order valence-corrected chi connectivity index (χ4v) is 4.06. The monoisotopic (exact) mass is 541 g/mol. The van der Waals surface area contributed by atoms with Gasteiger partial charge in [0.1, 0.15) is 0 Å². The van der Waals surface area contributed by atoms with E-state index in [-0.39, 0.29) is 11.4 Å². The molecular weight excluding hydrogens is 517 g/mol. The largest absolute Gasteiger partial charge is 0.466 e. The Morgan fingerprint density at radius 3 is 2.61 bits per heavy atom. The van der Waals surface area contributed by atoms with Crippen molar-refractivity contribution in [2.75, 3.05) is 25.1 Å². The molecular formula is C26H24INO2S. The van der Waals surface area contributed by atoms with Gasteiger partial charge in [-0.25, -0.2) is 4.79 Å². The summed E-state index contributed by atoms with van der Waals surface area (Å²) in [4.78, 5) is 13.6. The number of hydrogen-bond acceptors (Lipinski definition) is 4. The van der Waals surface area contributed by atoms with Gasteiger partial charge in [-0.3, -0.25) is 0 Å². The molecule has 0 radical (unpaired) electrons. The van der Waals surface area contributed by atoms with Gasteiger partial charge < -0.3 is 9.64 Å². The number of carbonyl (C=O) groups is 1. The smallest absolute Gasteiger partial charge is 0.330 e. The molecule has 2 aromatic rings. The van der Waals surface area contributed by atoms with Crippen LogP contribution in [0.3, 0.4) is 0 Å². The molecule has 31 heavy (non-hydrogen) atoms. The minimum Gasteiger partial charge on any atom is -0.466 e. The van der Waals surface area contributed by atoms with E-state index < -0.39 is 0 Å². The standard InChI is InChI=1S/C26H24INO2S/c1-26(2)15-17-28(16-4-18-31-27)24-13-11-22(19-23(24)26)10-9-20-5-7-21(8-6-20)12-14-25(29)30-3/h5-8,11-14,19H,15-17H2,1-3H3/b14-12+. The van der Waals surface area contributed by atoms with Crippen molar-refractivity contribution >= 4 is 47.9 Å². The number of anilines is 1. The van der Waals surface area contributed by atoms with Gasteiger partial charge in [-0.1, -0.05) is 43.7 Å². The van der Waals surface area contributed by atoms with Crippen LogP contribution >= 0.6 is 30.1 Å². The molecule has 1 aliphatic rings.